The Morgan fingerprint density at radius 2 is 1.59 bits per heavy atom. The summed E-state index contributed by atoms with van der Waals surface area (Å²) in [7, 11) is 0. The Kier molecular flexibility index (Phi) is 4.54. The fourth-order valence-electron chi connectivity index (χ4n) is 6.24. The number of carbonyl (C=O) groups is 2. The Labute approximate surface area is 171 Å². The van der Waals surface area contributed by atoms with Crippen LogP contribution in [-0.2, 0) is 19.1 Å². The van der Waals surface area contributed by atoms with Gasteiger partial charge in [0.15, 0.2) is 0 Å². The number of esters is 2. The second-order valence-electron chi connectivity index (χ2n) is 8.88. The zero-order valence-electron chi connectivity index (χ0n) is 17.1. The Morgan fingerprint density at radius 3 is 2.31 bits per heavy atom. The maximum Gasteiger partial charge on any atom is 0.340 e. The molecule has 5 heteroatoms. The Hall–Kier alpha value is -2.14. The third-order valence-electron chi connectivity index (χ3n) is 7.29. The number of allylic oxidation sites excluding steroid dienone is 4. The van der Waals surface area contributed by atoms with Crippen LogP contribution in [0.5, 0.6) is 0 Å². The van der Waals surface area contributed by atoms with Crippen molar-refractivity contribution >= 4 is 11.9 Å². The average molecular weight is 396 g/mol. The monoisotopic (exact) mass is 396 g/mol. The smallest absolute Gasteiger partial charge is 0.340 e. The van der Waals surface area contributed by atoms with Crippen LogP contribution in [0.3, 0.4) is 0 Å². The number of hydrogen-bond donors (Lipinski definition) is 1. The first kappa shape index (κ1) is 18.9. The fraction of sp³-hybridized carbons (Fsp3) is 0.583. The molecule has 0 spiro atoms. The number of carbonyl (C=O) groups excluding carboxylic acids is 2. The van der Waals surface area contributed by atoms with Crippen LogP contribution in [0.15, 0.2) is 46.0 Å². The first-order valence-corrected chi connectivity index (χ1v) is 11.1. The van der Waals surface area contributed by atoms with E-state index in [1.165, 1.54) is 0 Å². The van der Waals surface area contributed by atoms with Crippen LogP contribution in [0.25, 0.3) is 0 Å². The molecular weight excluding hydrogens is 368 g/mol. The first-order chi connectivity index (χ1) is 14.1. The first-order valence-electron chi connectivity index (χ1n) is 11.1. The van der Waals surface area contributed by atoms with Gasteiger partial charge >= 0.3 is 11.9 Å². The minimum Gasteiger partial charge on any atom is -0.423 e. The standard InChI is InChI=1S/C24H28O5/c1-3-5-7-16-12-9-10-13-18(21(12)23(26)28-16)14-11-15(25)19(13)22-20(14)17(8-6-4-2)29-24(22)27/h7-8,13-15,18-19,25H,3-6,9-11H2,1-2H3/b16-7-,17-8-/t13?,14?,15-,18?,19?/m0/s1. The predicted molar refractivity (Wildman–Crippen MR) is 106 cm³/mol. The van der Waals surface area contributed by atoms with E-state index in [-0.39, 0.29) is 35.6 Å². The molecule has 6 rings (SSSR count). The third-order valence-corrected chi connectivity index (χ3v) is 7.29. The number of unbranched alkanes of at least 4 members (excludes halogenated alkanes) is 2. The topological polar surface area (TPSA) is 72.8 Å². The number of aliphatic hydroxyl groups excluding tert-OH is 1. The van der Waals surface area contributed by atoms with Crippen LogP contribution in [0.1, 0.15) is 58.8 Å². The highest BCUT2D eigenvalue weighted by atomic mass is 16.5. The molecule has 5 atom stereocenters. The highest BCUT2D eigenvalue weighted by Crippen LogP contribution is 2.62. The van der Waals surface area contributed by atoms with Gasteiger partial charge in [-0.15, -0.1) is 0 Å². The molecule has 1 N–H and O–H groups in total. The van der Waals surface area contributed by atoms with E-state index in [1.54, 1.807) is 0 Å². The van der Waals surface area contributed by atoms with Gasteiger partial charge < -0.3 is 14.6 Å². The number of aliphatic hydroxyl groups is 1. The molecule has 29 heavy (non-hydrogen) atoms. The second kappa shape index (κ2) is 6.98. The lowest BCUT2D eigenvalue weighted by atomic mass is 9.51. The van der Waals surface area contributed by atoms with E-state index in [4.69, 9.17) is 9.47 Å². The summed E-state index contributed by atoms with van der Waals surface area (Å²) in [5.41, 5.74) is 3.48. The van der Waals surface area contributed by atoms with Gasteiger partial charge in [-0.3, -0.25) is 0 Å². The SMILES string of the molecule is CCC/C=C1\OC(=O)C2=C1CCC1C2C2C[C@H](O)C1C1=C2/C(=C/CCC)OC1=O. The normalized spacial score (nSPS) is 37.8. The van der Waals surface area contributed by atoms with E-state index in [9.17, 15) is 14.7 Å². The van der Waals surface area contributed by atoms with Crippen molar-refractivity contribution in [3.05, 3.63) is 46.0 Å². The zero-order valence-corrected chi connectivity index (χ0v) is 17.1. The van der Waals surface area contributed by atoms with Crippen molar-refractivity contribution in [3.8, 4) is 0 Å². The summed E-state index contributed by atoms with van der Waals surface area (Å²) in [6.45, 7) is 4.20. The lowest BCUT2D eigenvalue weighted by Crippen LogP contribution is -2.51. The summed E-state index contributed by atoms with van der Waals surface area (Å²) in [4.78, 5) is 25.6. The van der Waals surface area contributed by atoms with Crippen molar-refractivity contribution in [3.63, 3.8) is 0 Å². The van der Waals surface area contributed by atoms with Crippen molar-refractivity contribution < 1.29 is 24.2 Å². The Bertz CT molecular complexity index is 902. The molecule has 4 unspecified atom stereocenters. The number of fused-ring (bicyclic) bond motifs is 1. The van der Waals surface area contributed by atoms with Crippen molar-refractivity contribution in [2.45, 2.75) is 64.9 Å². The molecule has 154 valence electrons. The molecule has 1 fully saturated rings. The van der Waals surface area contributed by atoms with Crippen molar-refractivity contribution in [2.24, 2.45) is 23.7 Å². The molecule has 6 aliphatic rings. The number of ether oxygens (including phenoxy) is 2. The van der Waals surface area contributed by atoms with E-state index < -0.39 is 6.10 Å². The molecule has 0 radical (unpaired) electrons. The van der Waals surface area contributed by atoms with Gasteiger partial charge in [0.25, 0.3) is 0 Å². The van der Waals surface area contributed by atoms with Gasteiger partial charge in [0.2, 0.25) is 0 Å². The van der Waals surface area contributed by atoms with Gasteiger partial charge in [-0.2, -0.15) is 0 Å². The molecule has 5 nitrogen and oxygen atoms in total. The quantitative estimate of drug-likeness (QED) is 0.725. The van der Waals surface area contributed by atoms with Gasteiger partial charge in [-0.05, 0) is 56.1 Å². The highest BCUT2D eigenvalue weighted by molar-refractivity contribution is 5.98. The van der Waals surface area contributed by atoms with E-state index in [1.807, 2.05) is 12.2 Å². The third kappa shape index (κ3) is 2.63. The van der Waals surface area contributed by atoms with Gasteiger partial charge in [0.05, 0.1) is 11.7 Å². The average Bonchev–Trinajstić information content (AvgIpc) is 3.22. The number of rotatable bonds is 4. The summed E-state index contributed by atoms with van der Waals surface area (Å²) >= 11 is 0. The molecule has 0 aromatic rings. The largest absolute Gasteiger partial charge is 0.423 e. The van der Waals surface area contributed by atoms with Gasteiger partial charge in [0.1, 0.15) is 11.5 Å². The van der Waals surface area contributed by atoms with Crippen molar-refractivity contribution in [1.29, 1.82) is 0 Å². The molecule has 2 aliphatic heterocycles. The maximum absolute atomic E-state index is 12.9. The number of hydrogen-bond acceptors (Lipinski definition) is 5. The van der Waals surface area contributed by atoms with Crippen LogP contribution in [0.4, 0.5) is 0 Å². The minimum absolute atomic E-state index is 0.00505. The molecule has 0 amide bonds. The molecule has 0 saturated heterocycles. The summed E-state index contributed by atoms with van der Waals surface area (Å²) in [5.74, 6) is 0.661. The molecule has 4 aliphatic carbocycles. The van der Waals surface area contributed by atoms with Gasteiger partial charge in [-0.1, -0.05) is 26.7 Å². The Morgan fingerprint density at radius 1 is 0.931 bits per heavy atom. The molecule has 1 saturated carbocycles. The highest BCUT2D eigenvalue weighted by Gasteiger charge is 2.61. The van der Waals surface area contributed by atoms with Crippen LogP contribution >= 0.6 is 0 Å². The predicted octanol–water partition coefficient (Wildman–Crippen LogP) is 4.10. The van der Waals surface area contributed by atoms with Crippen molar-refractivity contribution in [2.75, 3.05) is 0 Å². The second-order valence-corrected chi connectivity index (χ2v) is 8.88. The fourth-order valence-corrected chi connectivity index (χ4v) is 6.24. The molecule has 2 heterocycles. The van der Waals surface area contributed by atoms with E-state index in [0.29, 0.717) is 17.8 Å². The van der Waals surface area contributed by atoms with Crippen LogP contribution in [0.2, 0.25) is 0 Å². The molecule has 0 aromatic carbocycles. The van der Waals surface area contributed by atoms with Gasteiger partial charge in [0, 0.05) is 28.6 Å². The number of cyclic esters (lactones) is 2. The van der Waals surface area contributed by atoms with E-state index >= 15 is 0 Å². The zero-order chi connectivity index (χ0) is 20.3. The van der Waals surface area contributed by atoms with Crippen molar-refractivity contribution in [1.82, 2.24) is 0 Å². The lowest BCUT2D eigenvalue weighted by molar-refractivity contribution is -0.135. The lowest BCUT2D eigenvalue weighted by Gasteiger charge is -2.52. The van der Waals surface area contributed by atoms with Crippen LogP contribution < -0.4 is 0 Å². The summed E-state index contributed by atoms with van der Waals surface area (Å²) in [5, 5.41) is 10.8. The van der Waals surface area contributed by atoms with Gasteiger partial charge in [-0.25, -0.2) is 9.59 Å². The summed E-state index contributed by atoms with van der Waals surface area (Å²) in [6.07, 6.45) is 9.40. The summed E-state index contributed by atoms with van der Waals surface area (Å²) < 4.78 is 11.3. The van der Waals surface area contributed by atoms with Crippen LogP contribution in [-0.4, -0.2) is 23.1 Å². The minimum atomic E-state index is -0.548. The van der Waals surface area contributed by atoms with E-state index in [0.717, 1.165) is 61.0 Å². The summed E-state index contributed by atoms with van der Waals surface area (Å²) in [6, 6.07) is 0. The van der Waals surface area contributed by atoms with Crippen LogP contribution in [0, 0.1) is 23.7 Å². The molecular formula is C24H28O5. The van der Waals surface area contributed by atoms with E-state index in [2.05, 4.69) is 13.8 Å². The Balaban J connectivity index is 1.62. The molecule has 0 aromatic heterocycles. The maximum atomic E-state index is 12.9. The molecule has 2 bridgehead atoms.